The van der Waals surface area contributed by atoms with Gasteiger partial charge in [0.15, 0.2) is 11.5 Å². The molecule has 0 bridgehead atoms. The first-order valence-electron chi connectivity index (χ1n) is 6.12. The Bertz CT molecular complexity index is 672. The number of phenolic OH excluding ortho intramolecular Hbond substituents is 1. The van der Waals surface area contributed by atoms with Crippen molar-refractivity contribution in [1.29, 1.82) is 0 Å². The molecule has 20 heavy (non-hydrogen) atoms. The Morgan fingerprint density at radius 3 is 2.80 bits per heavy atom. The van der Waals surface area contributed by atoms with Crippen LogP contribution in [-0.2, 0) is 6.61 Å². The molecule has 104 valence electrons. The number of alkyl halides is 1. The monoisotopic (exact) mass is 402 g/mol. The van der Waals surface area contributed by atoms with Crippen LogP contribution < -0.4 is 9.03 Å². The predicted octanol–water partition coefficient (Wildman–Crippen LogP) is 4.65. The van der Waals surface area contributed by atoms with E-state index < -0.39 is 0 Å². The SMILES string of the molecule is Cc1ccc2c(c1)COc1c(ccc(O)c1OCl)C2I. The van der Waals surface area contributed by atoms with Gasteiger partial charge in [0.2, 0.25) is 5.75 Å². The molecule has 0 amide bonds. The highest BCUT2D eigenvalue weighted by Crippen LogP contribution is 2.49. The van der Waals surface area contributed by atoms with E-state index in [1.54, 1.807) is 6.07 Å². The van der Waals surface area contributed by atoms with Gasteiger partial charge in [-0.25, -0.2) is 0 Å². The summed E-state index contributed by atoms with van der Waals surface area (Å²) in [4.78, 5) is 0. The molecular formula is C15H12ClIO3. The minimum atomic E-state index is -0.0236. The van der Waals surface area contributed by atoms with Gasteiger partial charge >= 0.3 is 0 Å². The topological polar surface area (TPSA) is 38.7 Å². The number of aryl methyl sites for hydroxylation is 1. The van der Waals surface area contributed by atoms with Gasteiger partial charge < -0.3 is 14.1 Å². The fourth-order valence-electron chi connectivity index (χ4n) is 2.41. The fraction of sp³-hybridized carbons (Fsp3) is 0.200. The summed E-state index contributed by atoms with van der Waals surface area (Å²) in [6.07, 6.45) is 0. The van der Waals surface area contributed by atoms with E-state index in [4.69, 9.17) is 20.9 Å². The number of hydrogen-bond donors (Lipinski definition) is 1. The van der Waals surface area contributed by atoms with Crippen LogP contribution in [0.3, 0.4) is 0 Å². The Kier molecular flexibility index (Phi) is 3.69. The Morgan fingerprint density at radius 1 is 1.30 bits per heavy atom. The Labute approximate surface area is 135 Å². The van der Waals surface area contributed by atoms with E-state index in [1.807, 2.05) is 6.07 Å². The molecular weight excluding hydrogens is 391 g/mol. The van der Waals surface area contributed by atoms with Gasteiger partial charge in [0.1, 0.15) is 18.5 Å². The number of aromatic hydroxyl groups is 1. The Balaban J connectivity index is 2.18. The molecule has 0 saturated carbocycles. The molecule has 2 aromatic carbocycles. The standard InChI is InChI=1S/C15H12ClIO3/c1-8-2-3-10-9(6-8)7-19-14-11(13(10)17)4-5-12(18)15(14)20-16/h2-6,13,18H,7H2,1H3. The number of phenols is 1. The van der Waals surface area contributed by atoms with Crippen molar-refractivity contribution in [3.05, 3.63) is 52.6 Å². The quantitative estimate of drug-likeness (QED) is 0.557. The summed E-state index contributed by atoms with van der Waals surface area (Å²) in [5.41, 5.74) is 4.49. The maximum absolute atomic E-state index is 9.81. The Morgan fingerprint density at radius 2 is 2.05 bits per heavy atom. The molecule has 0 saturated heterocycles. The Hall–Kier alpha value is -1.14. The molecule has 0 aliphatic carbocycles. The second-order valence-corrected chi connectivity index (χ2v) is 6.16. The molecule has 1 N–H and O–H groups in total. The largest absolute Gasteiger partial charge is 0.504 e. The van der Waals surface area contributed by atoms with Crippen LogP contribution in [0.2, 0.25) is 0 Å². The highest BCUT2D eigenvalue weighted by atomic mass is 127. The zero-order chi connectivity index (χ0) is 14.3. The van der Waals surface area contributed by atoms with Gasteiger partial charge in [-0.2, -0.15) is 0 Å². The van der Waals surface area contributed by atoms with Crippen molar-refractivity contribution in [2.45, 2.75) is 17.5 Å². The molecule has 1 aliphatic rings. The molecule has 0 radical (unpaired) electrons. The molecule has 5 heteroatoms. The maximum Gasteiger partial charge on any atom is 0.229 e. The minimum absolute atomic E-state index is 0.0236. The molecule has 0 fully saturated rings. The van der Waals surface area contributed by atoms with Crippen molar-refractivity contribution < 1.29 is 14.1 Å². The molecule has 3 nitrogen and oxygen atoms in total. The van der Waals surface area contributed by atoms with Gasteiger partial charge in [0, 0.05) is 5.56 Å². The molecule has 1 unspecified atom stereocenters. The molecule has 2 aromatic rings. The molecule has 1 aliphatic heterocycles. The summed E-state index contributed by atoms with van der Waals surface area (Å²) < 4.78 is 10.7. The van der Waals surface area contributed by atoms with Crippen molar-refractivity contribution in [3.63, 3.8) is 0 Å². The van der Waals surface area contributed by atoms with Gasteiger partial charge in [0.25, 0.3) is 0 Å². The zero-order valence-electron chi connectivity index (χ0n) is 10.7. The summed E-state index contributed by atoms with van der Waals surface area (Å²) in [5.74, 6) is 0.660. The third kappa shape index (κ3) is 2.20. The summed E-state index contributed by atoms with van der Waals surface area (Å²) in [6.45, 7) is 2.49. The number of hydrogen-bond acceptors (Lipinski definition) is 3. The van der Waals surface area contributed by atoms with Crippen molar-refractivity contribution in [1.82, 2.24) is 0 Å². The van der Waals surface area contributed by atoms with Crippen LogP contribution in [-0.4, -0.2) is 5.11 Å². The van der Waals surface area contributed by atoms with Crippen molar-refractivity contribution >= 4 is 34.5 Å². The van der Waals surface area contributed by atoms with E-state index in [0.717, 1.165) is 11.1 Å². The predicted molar refractivity (Wildman–Crippen MR) is 86.0 cm³/mol. The number of rotatable bonds is 1. The number of benzene rings is 2. The van der Waals surface area contributed by atoms with Crippen molar-refractivity contribution in [2.24, 2.45) is 0 Å². The fourth-order valence-corrected chi connectivity index (χ4v) is 3.66. The third-order valence-corrected chi connectivity index (χ3v) is 4.91. The van der Waals surface area contributed by atoms with E-state index in [-0.39, 0.29) is 15.4 Å². The first-order valence-corrected chi connectivity index (χ1v) is 7.68. The number of halogens is 2. The van der Waals surface area contributed by atoms with Crippen LogP contribution in [0.15, 0.2) is 30.3 Å². The second-order valence-electron chi connectivity index (χ2n) is 4.76. The average molecular weight is 403 g/mol. The van der Waals surface area contributed by atoms with Crippen LogP contribution in [0.1, 0.15) is 26.2 Å². The van der Waals surface area contributed by atoms with Crippen molar-refractivity contribution in [2.75, 3.05) is 0 Å². The zero-order valence-corrected chi connectivity index (χ0v) is 13.6. The smallest absolute Gasteiger partial charge is 0.229 e. The van der Waals surface area contributed by atoms with Crippen LogP contribution in [0.25, 0.3) is 0 Å². The molecule has 1 atom stereocenters. The van der Waals surface area contributed by atoms with Gasteiger partial charge in [-0.3, -0.25) is 0 Å². The molecule has 0 aromatic heterocycles. The van der Waals surface area contributed by atoms with Gasteiger partial charge in [-0.05, 0) is 30.2 Å². The summed E-state index contributed by atoms with van der Waals surface area (Å²) >= 11 is 7.82. The lowest BCUT2D eigenvalue weighted by Crippen LogP contribution is -1.97. The highest BCUT2D eigenvalue weighted by molar-refractivity contribution is 14.1. The lowest BCUT2D eigenvalue weighted by Gasteiger charge is -2.14. The van der Waals surface area contributed by atoms with Crippen LogP contribution in [0.5, 0.6) is 17.2 Å². The highest BCUT2D eigenvalue weighted by Gasteiger charge is 2.27. The first kappa shape index (κ1) is 13.8. The first-order chi connectivity index (χ1) is 9.61. The molecule has 3 rings (SSSR count). The summed E-state index contributed by atoms with van der Waals surface area (Å²) in [7, 11) is 0. The van der Waals surface area contributed by atoms with E-state index in [1.165, 1.54) is 11.1 Å². The maximum atomic E-state index is 9.81. The molecule has 1 heterocycles. The van der Waals surface area contributed by atoms with Gasteiger partial charge in [0.05, 0.1) is 3.92 Å². The lowest BCUT2D eigenvalue weighted by atomic mass is 9.98. The van der Waals surface area contributed by atoms with E-state index in [9.17, 15) is 5.11 Å². The van der Waals surface area contributed by atoms with Crippen LogP contribution in [0, 0.1) is 6.92 Å². The number of ether oxygens (including phenoxy) is 1. The number of fused-ring (bicyclic) bond motifs is 2. The van der Waals surface area contributed by atoms with Crippen molar-refractivity contribution in [3.8, 4) is 17.2 Å². The van der Waals surface area contributed by atoms with E-state index in [2.05, 4.69) is 47.7 Å². The van der Waals surface area contributed by atoms with Crippen LogP contribution >= 0.6 is 34.5 Å². The normalized spacial score (nSPS) is 16.6. The molecule has 0 spiro atoms. The van der Waals surface area contributed by atoms with E-state index >= 15 is 0 Å². The second kappa shape index (κ2) is 5.33. The average Bonchev–Trinajstić information content (AvgIpc) is 2.56. The van der Waals surface area contributed by atoms with Crippen LogP contribution in [0.4, 0.5) is 0 Å². The summed E-state index contributed by atoms with van der Waals surface area (Å²) in [5, 5.41) is 9.81. The summed E-state index contributed by atoms with van der Waals surface area (Å²) in [6, 6.07) is 9.75. The third-order valence-electron chi connectivity index (χ3n) is 3.42. The van der Waals surface area contributed by atoms with Gasteiger partial charge in [-0.1, -0.05) is 46.4 Å². The van der Waals surface area contributed by atoms with Gasteiger partial charge in [-0.15, -0.1) is 0 Å². The van der Waals surface area contributed by atoms with E-state index in [0.29, 0.717) is 12.4 Å². The lowest BCUT2D eigenvalue weighted by molar-refractivity contribution is 0.294. The minimum Gasteiger partial charge on any atom is -0.504 e.